The summed E-state index contributed by atoms with van der Waals surface area (Å²) in [5, 5.41) is 3.90. The zero-order chi connectivity index (χ0) is 13.0. The van der Waals surface area contributed by atoms with Gasteiger partial charge >= 0.3 is 0 Å². The van der Waals surface area contributed by atoms with E-state index in [4.69, 9.17) is 26.8 Å². The summed E-state index contributed by atoms with van der Waals surface area (Å²) in [6.45, 7) is 4.71. The zero-order valence-corrected chi connectivity index (χ0v) is 11.3. The van der Waals surface area contributed by atoms with Crippen molar-refractivity contribution in [3.8, 4) is 11.5 Å². The number of likely N-dealkylation sites (N-methyl/N-ethyl adjacent to an activating group) is 1. The maximum Gasteiger partial charge on any atom is 0.179 e. The lowest BCUT2D eigenvalue weighted by Gasteiger charge is -2.18. The highest BCUT2D eigenvalue weighted by Gasteiger charge is 2.18. The minimum Gasteiger partial charge on any atom is -0.489 e. The summed E-state index contributed by atoms with van der Waals surface area (Å²) in [6.07, 6.45) is 0.869. The van der Waals surface area contributed by atoms with E-state index < -0.39 is 0 Å². The van der Waals surface area contributed by atoms with Crippen molar-refractivity contribution in [2.45, 2.75) is 19.4 Å². The number of benzene rings is 1. The van der Waals surface area contributed by atoms with Crippen LogP contribution in [0.4, 0.5) is 0 Å². The normalized spacial score (nSPS) is 16.2. The molecule has 0 saturated carbocycles. The van der Waals surface area contributed by atoms with Gasteiger partial charge in [-0.15, -0.1) is 0 Å². The molecular formula is C13H19ClN2O2. The van der Waals surface area contributed by atoms with Crippen LogP contribution in [0.5, 0.6) is 11.5 Å². The number of nitrogens with one attached hydrogen (secondary N) is 1. The molecule has 1 heterocycles. The second-order valence-electron chi connectivity index (χ2n) is 4.23. The summed E-state index contributed by atoms with van der Waals surface area (Å²) in [7, 11) is 0. The molecule has 100 valence electrons. The highest BCUT2D eigenvalue weighted by molar-refractivity contribution is 6.32. The van der Waals surface area contributed by atoms with Crippen LogP contribution in [0.2, 0.25) is 5.02 Å². The third-order valence-electron chi connectivity index (χ3n) is 2.91. The van der Waals surface area contributed by atoms with E-state index in [0.29, 0.717) is 36.3 Å². The molecular weight excluding hydrogens is 252 g/mol. The Bertz CT molecular complexity index is 412. The molecule has 1 unspecified atom stereocenters. The first kappa shape index (κ1) is 13.5. The molecule has 5 heteroatoms. The number of nitrogens with two attached hydrogens (primary N) is 1. The van der Waals surface area contributed by atoms with Crippen molar-refractivity contribution in [2.24, 2.45) is 5.73 Å². The molecule has 0 spiro atoms. The Morgan fingerprint density at radius 3 is 2.89 bits per heavy atom. The van der Waals surface area contributed by atoms with Crippen LogP contribution in [0.25, 0.3) is 0 Å². The molecule has 1 aliphatic rings. The van der Waals surface area contributed by atoms with Gasteiger partial charge in [-0.3, -0.25) is 0 Å². The zero-order valence-electron chi connectivity index (χ0n) is 10.5. The Morgan fingerprint density at radius 1 is 1.39 bits per heavy atom. The van der Waals surface area contributed by atoms with E-state index in [1.54, 1.807) is 0 Å². The van der Waals surface area contributed by atoms with Crippen LogP contribution in [0.1, 0.15) is 24.9 Å². The predicted molar refractivity (Wildman–Crippen MR) is 72.5 cm³/mol. The highest BCUT2D eigenvalue weighted by atomic mass is 35.5. The number of hydrogen-bond donors (Lipinski definition) is 2. The Kier molecular flexibility index (Phi) is 4.69. The Balaban J connectivity index is 2.33. The number of rotatable bonds is 4. The van der Waals surface area contributed by atoms with Crippen LogP contribution in [-0.4, -0.2) is 26.3 Å². The fourth-order valence-electron chi connectivity index (χ4n) is 2.04. The molecule has 4 nitrogen and oxygen atoms in total. The minimum atomic E-state index is 0.0876. The van der Waals surface area contributed by atoms with Crippen LogP contribution in [0, 0.1) is 0 Å². The van der Waals surface area contributed by atoms with Gasteiger partial charge in [0, 0.05) is 19.0 Å². The van der Waals surface area contributed by atoms with Crippen molar-refractivity contribution in [3.05, 3.63) is 22.7 Å². The fraction of sp³-hybridized carbons (Fsp3) is 0.538. The summed E-state index contributed by atoms with van der Waals surface area (Å²) in [4.78, 5) is 0. The van der Waals surface area contributed by atoms with Gasteiger partial charge in [-0.25, -0.2) is 0 Å². The predicted octanol–water partition coefficient (Wildman–Crippen LogP) is 2.11. The quantitative estimate of drug-likeness (QED) is 0.880. The summed E-state index contributed by atoms with van der Waals surface area (Å²) in [6, 6.07) is 3.95. The second-order valence-corrected chi connectivity index (χ2v) is 4.63. The van der Waals surface area contributed by atoms with Crippen LogP contribution in [0.3, 0.4) is 0 Å². The summed E-state index contributed by atoms with van der Waals surface area (Å²) < 4.78 is 11.3. The van der Waals surface area contributed by atoms with Gasteiger partial charge in [0.25, 0.3) is 0 Å². The van der Waals surface area contributed by atoms with Crippen molar-refractivity contribution < 1.29 is 9.47 Å². The fourth-order valence-corrected chi connectivity index (χ4v) is 2.31. The average molecular weight is 271 g/mol. The Labute approximate surface area is 112 Å². The molecule has 0 amide bonds. The van der Waals surface area contributed by atoms with Gasteiger partial charge in [0.1, 0.15) is 0 Å². The maximum atomic E-state index is 6.25. The highest BCUT2D eigenvalue weighted by Crippen LogP contribution is 2.39. The smallest absolute Gasteiger partial charge is 0.179 e. The van der Waals surface area contributed by atoms with Gasteiger partial charge < -0.3 is 20.5 Å². The van der Waals surface area contributed by atoms with Crippen molar-refractivity contribution >= 4 is 11.6 Å². The molecule has 1 aromatic rings. The molecule has 2 rings (SSSR count). The first-order valence-electron chi connectivity index (χ1n) is 6.28. The van der Waals surface area contributed by atoms with Gasteiger partial charge in [-0.2, -0.15) is 0 Å². The van der Waals surface area contributed by atoms with Crippen molar-refractivity contribution in [3.63, 3.8) is 0 Å². The molecule has 0 saturated heterocycles. The van der Waals surface area contributed by atoms with E-state index in [0.717, 1.165) is 18.5 Å². The summed E-state index contributed by atoms with van der Waals surface area (Å²) in [5.41, 5.74) is 6.81. The van der Waals surface area contributed by atoms with E-state index in [2.05, 4.69) is 5.32 Å². The third kappa shape index (κ3) is 2.88. The Hall–Kier alpha value is -0.970. The second kappa shape index (κ2) is 6.27. The van der Waals surface area contributed by atoms with E-state index in [1.165, 1.54) is 0 Å². The first-order chi connectivity index (χ1) is 8.76. The first-order valence-corrected chi connectivity index (χ1v) is 6.66. The summed E-state index contributed by atoms with van der Waals surface area (Å²) in [5.74, 6) is 1.36. The number of halogens is 1. The lowest BCUT2D eigenvalue weighted by atomic mass is 10.1. The Morgan fingerprint density at radius 2 is 2.17 bits per heavy atom. The van der Waals surface area contributed by atoms with E-state index >= 15 is 0 Å². The molecule has 0 bridgehead atoms. The lowest BCUT2D eigenvalue weighted by molar-refractivity contribution is 0.297. The van der Waals surface area contributed by atoms with Crippen molar-refractivity contribution in [2.75, 3.05) is 26.3 Å². The molecule has 0 radical (unpaired) electrons. The van der Waals surface area contributed by atoms with Gasteiger partial charge in [0.2, 0.25) is 0 Å². The standard InChI is InChI=1S/C13H19ClN2O2/c1-2-16-11(8-15)9-6-10(14)13-12(7-9)17-4-3-5-18-13/h6-7,11,16H,2-5,8,15H2,1H3. The number of fused-ring (bicyclic) bond motifs is 1. The largest absolute Gasteiger partial charge is 0.489 e. The number of ether oxygens (including phenoxy) is 2. The molecule has 1 atom stereocenters. The van der Waals surface area contributed by atoms with Crippen LogP contribution < -0.4 is 20.5 Å². The topological polar surface area (TPSA) is 56.5 Å². The van der Waals surface area contributed by atoms with Crippen LogP contribution in [0.15, 0.2) is 12.1 Å². The minimum absolute atomic E-state index is 0.0876. The van der Waals surface area contributed by atoms with Crippen LogP contribution >= 0.6 is 11.6 Å². The van der Waals surface area contributed by atoms with Gasteiger partial charge in [0.15, 0.2) is 11.5 Å². The third-order valence-corrected chi connectivity index (χ3v) is 3.19. The summed E-state index contributed by atoms with van der Waals surface area (Å²) >= 11 is 6.25. The van der Waals surface area contributed by atoms with Gasteiger partial charge in [-0.05, 0) is 24.2 Å². The van der Waals surface area contributed by atoms with Gasteiger partial charge in [-0.1, -0.05) is 18.5 Å². The molecule has 0 fully saturated rings. The van der Waals surface area contributed by atoms with Crippen LogP contribution in [-0.2, 0) is 0 Å². The molecule has 0 aliphatic carbocycles. The van der Waals surface area contributed by atoms with E-state index in [-0.39, 0.29) is 6.04 Å². The monoisotopic (exact) mass is 270 g/mol. The molecule has 3 N–H and O–H groups in total. The van der Waals surface area contributed by atoms with Crippen molar-refractivity contribution in [1.82, 2.24) is 5.32 Å². The molecule has 1 aromatic carbocycles. The molecule has 0 aromatic heterocycles. The molecule has 1 aliphatic heterocycles. The maximum absolute atomic E-state index is 6.25. The van der Waals surface area contributed by atoms with Gasteiger partial charge in [0.05, 0.1) is 18.2 Å². The van der Waals surface area contributed by atoms with E-state index in [9.17, 15) is 0 Å². The SMILES string of the molecule is CCNC(CN)c1cc(Cl)c2c(c1)OCCCO2. The van der Waals surface area contributed by atoms with Crippen molar-refractivity contribution in [1.29, 1.82) is 0 Å². The lowest BCUT2D eigenvalue weighted by Crippen LogP contribution is -2.27. The number of hydrogen-bond acceptors (Lipinski definition) is 4. The molecule has 18 heavy (non-hydrogen) atoms. The van der Waals surface area contributed by atoms with E-state index in [1.807, 2.05) is 19.1 Å². The average Bonchev–Trinajstić information content (AvgIpc) is 2.61.